The molecule has 0 aliphatic rings. The highest BCUT2D eigenvalue weighted by molar-refractivity contribution is 7.84. The summed E-state index contributed by atoms with van der Waals surface area (Å²) in [6, 6.07) is 6.69. The van der Waals surface area contributed by atoms with Crippen LogP contribution >= 0.6 is 11.3 Å². The van der Waals surface area contributed by atoms with Crippen LogP contribution in [0.1, 0.15) is 12.5 Å². The molecule has 21 heavy (non-hydrogen) atoms. The van der Waals surface area contributed by atoms with Crippen molar-refractivity contribution in [2.24, 2.45) is 0 Å². The number of carboxylic acids is 1. The lowest BCUT2D eigenvalue weighted by Gasteiger charge is -2.12. The molecule has 0 bridgehead atoms. The van der Waals surface area contributed by atoms with Crippen LogP contribution in [0.5, 0.6) is 0 Å². The van der Waals surface area contributed by atoms with Crippen LogP contribution in [-0.2, 0) is 26.1 Å². The molecule has 0 spiro atoms. The maximum atomic E-state index is 12.2. The Labute approximate surface area is 128 Å². The number of carbonyl (C=O) groups is 2. The molecular formula is C14H15NO4S2. The van der Waals surface area contributed by atoms with Crippen molar-refractivity contribution in [1.29, 1.82) is 0 Å². The summed E-state index contributed by atoms with van der Waals surface area (Å²) >= 11 is 1.57. The lowest BCUT2D eigenvalue weighted by atomic mass is 10.2. The molecule has 0 aliphatic carbocycles. The Morgan fingerprint density at radius 1 is 1.38 bits per heavy atom. The molecule has 0 aliphatic heterocycles. The van der Waals surface area contributed by atoms with Crippen molar-refractivity contribution in [3.8, 4) is 0 Å². The number of hydrogen-bond donors (Lipinski definition) is 2. The van der Waals surface area contributed by atoms with Gasteiger partial charge in [-0.1, -0.05) is 18.2 Å². The van der Waals surface area contributed by atoms with Crippen molar-refractivity contribution in [2.45, 2.75) is 18.7 Å². The van der Waals surface area contributed by atoms with Gasteiger partial charge in [0.15, 0.2) is 0 Å². The minimum absolute atomic E-state index is 0.0981. The van der Waals surface area contributed by atoms with E-state index in [4.69, 9.17) is 5.11 Å². The number of fused-ring (bicyclic) bond motifs is 1. The highest BCUT2D eigenvalue weighted by Crippen LogP contribution is 2.26. The first-order valence-electron chi connectivity index (χ1n) is 6.27. The van der Waals surface area contributed by atoms with Gasteiger partial charge in [-0.2, -0.15) is 0 Å². The van der Waals surface area contributed by atoms with Gasteiger partial charge in [0.05, 0.1) is 11.5 Å². The zero-order valence-corrected chi connectivity index (χ0v) is 13.0. The highest BCUT2D eigenvalue weighted by Gasteiger charge is 2.21. The van der Waals surface area contributed by atoms with Crippen molar-refractivity contribution in [3.63, 3.8) is 0 Å². The molecule has 1 amide bonds. The summed E-state index contributed by atoms with van der Waals surface area (Å²) < 4.78 is 13.3. The number of carboxylic acid groups (broad SMARTS) is 1. The van der Waals surface area contributed by atoms with Crippen LogP contribution in [0, 0.1) is 0 Å². The third-order valence-electron chi connectivity index (χ3n) is 2.91. The van der Waals surface area contributed by atoms with Crippen molar-refractivity contribution >= 4 is 44.1 Å². The first-order chi connectivity index (χ1) is 9.97. The number of rotatable bonds is 6. The third-order valence-corrected chi connectivity index (χ3v) is 5.26. The quantitative estimate of drug-likeness (QED) is 0.847. The maximum absolute atomic E-state index is 12.2. The van der Waals surface area contributed by atoms with Gasteiger partial charge in [-0.25, -0.2) is 4.79 Å². The van der Waals surface area contributed by atoms with Gasteiger partial charge in [0, 0.05) is 22.4 Å². The number of thiophene rings is 1. The zero-order valence-electron chi connectivity index (χ0n) is 11.4. The molecule has 7 heteroatoms. The van der Waals surface area contributed by atoms with Crippen LogP contribution in [-0.4, -0.2) is 33.0 Å². The number of carbonyl (C=O) groups excluding carboxylic acids is 1. The third kappa shape index (κ3) is 4.12. The van der Waals surface area contributed by atoms with Crippen molar-refractivity contribution in [3.05, 3.63) is 35.2 Å². The molecular weight excluding hydrogens is 310 g/mol. The topological polar surface area (TPSA) is 83.5 Å². The van der Waals surface area contributed by atoms with E-state index in [9.17, 15) is 13.8 Å². The molecule has 0 fully saturated rings. The molecule has 0 saturated heterocycles. The van der Waals surface area contributed by atoms with E-state index in [1.54, 1.807) is 11.3 Å². The van der Waals surface area contributed by atoms with Gasteiger partial charge in [-0.05, 0) is 22.4 Å². The van der Waals surface area contributed by atoms with Crippen molar-refractivity contribution in [1.82, 2.24) is 5.32 Å². The molecule has 2 N–H and O–H groups in total. The Balaban J connectivity index is 2.07. The monoisotopic (exact) mass is 325 g/mol. The predicted octanol–water partition coefficient (Wildman–Crippen LogP) is 1.74. The van der Waals surface area contributed by atoms with E-state index >= 15 is 0 Å². The van der Waals surface area contributed by atoms with E-state index in [1.807, 2.05) is 29.6 Å². The molecule has 2 rings (SSSR count). The summed E-state index contributed by atoms with van der Waals surface area (Å²) in [6.45, 7) is 1.24. The maximum Gasteiger partial charge on any atom is 0.327 e. The second-order valence-corrected chi connectivity index (χ2v) is 7.01. The van der Waals surface area contributed by atoms with Crippen LogP contribution in [0.2, 0.25) is 0 Å². The number of aliphatic carboxylic acids is 1. The number of amides is 1. The summed E-state index contributed by atoms with van der Waals surface area (Å²) in [6.07, 6.45) is 0. The first-order valence-corrected chi connectivity index (χ1v) is 8.64. The Morgan fingerprint density at radius 3 is 2.76 bits per heavy atom. The van der Waals surface area contributed by atoms with Gasteiger partial charge in [0.2, 0.25) is 5.91 Å². The summed E-state index contributed by atoms with van der Waals surface area (Å²) in [5.74, 6) is -1.43. The van der Waals surface area contributed by atoms with Crippen LogP contribution in [0.3, 0.4) is 0 Å². The molecule has 1 unspecified atom stereocenters. The molecule has 2 atom stereocenters. The fourth-order valence-corrected chi connectivity index (χ4v) is 4.35. The van der Waals surface area contributed by atoms with Gasteiger partial charge in [-0.15, -0.1) is 11.3 Å². The average molecular weight is 325 g/mol. The van der Waals surface area contributed by atoms with Gasteiger partial charge in [0.1, 0.15) is 6.04 Å². The van der Waals surface area contributed by atoms with Gasteiger partial charge in [0.25, 0.3) is 0 Å². The molecule has 1 aromatic carbocycles. The van der Waals surface area contributed by atoms with Crippen LogP contribution in [0.25, 0.3) is 10.1 Å². The van der Waals surface area contributed by atoms with Gasteiger partial charge < -0.3 is 10.4 Å². The lowest BCUT2D eigenvalue weighted by molar-refractivity contribution is -0.140. The van der Waals surface area contributed by atoms with E-state index in [0.29, 0.717) is 0 Å². The van der Waals surface area contributed by atoms with E-state index in [0.717, 1.165) is 15.6 Å². The summed E-state index contributed by atoms with van der Waals surface area (Å²) in [5, 5.41) is 14.3. The Bertz CT molecular complexity index is 695. The zero-order chi connectivity index (χ0) is 15.4. The Morgan fingerprint density at radius 2 is 2.10 bits per heavy atom. The van der Waals surface area contributed by atoms with E-state index in [1.165, 1.54) is 6.92 Å². The number of hydrogen-bond acceptors (Lipinski definition) is 4. The molecule has 112 valence electrons. The normalized spacial score (nSPS) is 13.8. The molecule has 1 heterocycles. The van der Waals surface area contributed by atoms with E-state index in [2.05, 4.69) is 5.32 Å². The van der Waals surface area contributed by atoms with Gasteiger partial charge in [-0.3, -0.25) is 9.00 Å². The standard InChI is InChI=1S/C14H15NO4S2/c1-9(16)15-12(14(17)18)8-21(19)7-10-6-20-13-5-3-2-4-11(10)13/h2-6,12H,7-8H2,1H3,(H,15,16)(H,17,18)/t12-,21?/m0/s1. The average Bonchev–Trinajstić information content (AvgIpc) is 2.81. The van der Waals surface area contributed by atoms with E-state index < -0.39 is 28.7 Å². The summed E-state index contributed by atoms with van der Waals surface area (Å²) in [7, 11) is -1.36. The summed E-state index contributed by atoms with van der Waals surface area (Å²) in [5.41, 5.74) is 0.945. The molecule has 0 radical (unpaired) electrons. The minimum atomic E-state index is -1.36. The van der Waals surface area contributed by atoms with E-state index in [-0.39, 0.29) is 11.5 Å². The Hall–Kier alpha value is -1.73. The summed E-state index contributed by atoms with van der Waals surface area (Å²) in [4.78, 5) is 22.0. The molecule has 2 aromatic rings. The molecule has 5 nitrogen and oxygen atoms in total. The lowest BCUT2D eigenvalue weighted by Crippen LogP contribution is -2.43. The molecule has 0 saturated carbocycles. The fraction of sp³-hybridized carbons (Fsp3) is 0.286. The molecule has 1 aromatic heterocycles. The van der Waals surface area contributed by atoms with Crippen LogP contribution in [0.4, 0.5) is 0 Å². The smallest absolute Gasteiger partial charge is 0.327 e. The largest absolute Gasteiger partial charge is 0.480 e. The predicted molar refractivity (Wildman–Crippen MR) is 83.8 cm³/mol. The second kappa shape index (κ2) is 6.82. The highest BCUT2D eigenvalue weighted by atomic mass is 32.2. The SMILES string of the molecule is CC(=O)N[C@@H](CS(=O)Cc1csc2ccccc12)C(=O)O. The first kappa shape index (κ1) is 15.7. The fourth-order valence-electron chi connectivity index (χ4n) is 1.98. The van der Waals surface area contributed by atoms with Crippen molar-refractivity contribution in [2.75, 3.05) is 5.75 Å². The van der Waals surface area contributed by atoms with Crippen LogP contribution in [0.15, 0.2) is 29.6 Å². The number of nitrogens with one attached hydrogen (secondary N) is 1. The Kier molecular flexibility index (Phi) is 5.08. The van der Waals surface area contributed by atoms with Gasteiger partial charge >= 0.3 is 5.97 Å². The minimum Gasteiger partial charge on any atom is -0.480 e. The van der Waals surface area contributed by atoms with Crippen LogP contribution < -0.4 is 5.32 Å². The second-order valence-electron chi connectivity index (χ2n) is 4.60. The number of benzene rings is 1. The van der Waals surface area contributed by atoms with Crippen molar-refractivity contribution < 1.29 is 18.9 Å².